The van der Waals surface area contributed by atoms with Crippen molar-refractivity contribution in [3.05, 3.63) is 35.9 Å². The van der Waals surface area contributed by atoms with Gasteiger partial charge in [0.2, 0.25) is 0 Å². The second-order valence-electron chi connectivity index (χ2n) is 5.74. The van der Waals surface area contributed by atoms with Crippen LogP contribution in [0.2, 0.25) is 0 Å². The lowest BCUT2D eigenvalue weighted by Gasteiger charge is -2.33. The van der Waals surface area contributed by atoms with Gasteiger partial charge in [-0.05, 0) is 37.3 Å². The summed E-state index contributed by atoms with van der Waals surface area (Å²) in [4.78, 5) is 12.3. The highest BCUT2D eigenvalue weighted by Crippen LogP contribution is 2.28. The molecule has 0 radical (unpaired) electrons. The molecule has 20 heavy (non-hydrogen) atoms. The molecule has 0 bridgehead atoms. The van der Waals surface area contributed by atoms with Crippen molar-refractivity contribution in [2.24, 2.45) is 5.92 Å². The summed E-state index contributed by atoms with van der Waals surface area (Å²) in [5, 5.41) is 13.3. The molecule has 3 nitrogen and oxygen atoms in total. The van der Waals surface area contributed by atoms with Gasteiger partial charge in [-0.1, -0.05) is 44.4 Å². The van der Waals surface area contributed by atoms with E-state index in [1.54, 1.807) is 0 Å². The number of hydrogen-bond acceptors (Lipinski definition) is 2. The van der Waals surface area contributed by atoms with Gasteiger partial charge in [0.05, 0.1) is 12.1 Å². The normalized spacial score (nSPS) is 19.3. The third-order valence-corrected chi connectivity index (χ3v) is 4.32. The summed E-state index contributed by atoms with van der Waals surface area (Å²) in [5.41, 5.74) is 0.664. The number of carbonyl (C=O) groups is 1. The summed E-state index contributed by atoms with van der Waals surface area (Å²) in [6, 6.07) is 9.13. The zero-order valence-corrected chi connectivity index (χ0v) is 12.2. The molecule has 1 saturated carbocycles. The Hall–Kier alpha value is -1.35. The highest BCUT2D eigenvalue weighted by Gasteiger charge is 2.30. The zero-order valence-electron chi connectivity index (χ0n) is 12.2. The average Bonchev–Trinajstić information content (AvgIpc) is 2.53. The summed E-state index contributed by atoms with van der Waals surface area (Å²) in [5.74, 6) is 0.333. The van der Waals surface area contributed by atoms with Gasteiger partial charge < -0.3 is 10.4 Å². The molecule has 2 atom stereocenters. The average molecular weight is 275 g/mol. The third-order valence-electron chi connectivity index (χ3n) is 4.32. The van der Waals surface area contributed by atoms with E-state index in [1.165, 1.54) is 19.3 Å². The summed E-state index contributed by atoms with van der Waals surface area (Å²) in [6.07, 6.45) is 6.13. The van der Waals surface area contributed by atoms with Crippen LogP contribution >= 0.6 is 0 Å². The Balaban J connectivity index is 2.05. The first-order valence-corrected chi connectivity index (χ1v) is 7.76. The van der Waals surface area contributed by atoms with E-state index >= 15 is 0 Å². The third kappa shape index (κ3) is 3.83. The number of rotatable bonds is 5. The topological polar surface area (TPSA) is 49.3 Å². The SMILES string of the molecule is CC[C@@H](O)[C@@H](NC(=O)c1ccccc1)C1CCCCC1. The number of carbonyl (C=O) groups excluding carboxylic acids is 1. The van der Waals surface area contributed by atoms with E-state index in [4.69, 9.17) is 0 Å². The lowest BCUT2D eigenvalue weighted by Crippen LogP contribution is -2.48. The number of benzene rings is 1. The lowest BCUT2D eigenvalue weighted by atomic mass is 9.81. The molecule has 1 aliphatic carbocycles. The second kappa shape index (κ2) is 7.44. The summed E-state index contributed by atoms with van der Waals surface area (Å²) in [7, 11) is 0. The minimum atomic E-state index is -0.453. The second-order valence-corrected chi connectivity index (χ2v) is 5.74. The maximum atomic E-state index is 12.3. The van der Waals surface area contributed by atoms with Crippen LogP contribution in [0.5, 0.6) is 0 Å². The fourth-order valence-electron chi connectivity index (χ4n) is 3.10. The Bertz CT molecular complexity index is 412. The maximum absolute atomic E-state index is 12.3. The standard InChI is InChI=1S/C17H25NO2/c1-2-15(19)16(13-9-5-3-6-10-13)18-17(20)14-11-7-4-8-12-14/h4,7-8,11-13,15-16,19H,2-3,5-6,9-10H2,1H3,(H,18,20)/t15-,16+/m1/s1. The number of aliphatic hydroxyl groups is 1. The van der Waals surface area contributed by atoms with E-state index in [1.807, 2.05) is 37.3 Å². The molecule has 110 valence electrons. The van der Waals surface area contributed by atoms with Crippen LogP contribution in [-0.4, -0.2) is 23.2 Å². The molecule has 0 aromatic heterocycles. The molecule has 1 amide bonds. The molecule has 0 spiro atoms. The number of hydrogen-bond donors (Lipinski definition) is 2. The predicted octanol–water partition coefficient (Wildman–Crippen LogP) is 3.14. The van der Waals surface area contributed by atoms with E-state index in [2.05, 4.69) is 5.32 Å². The highest BCUT2D eigenvalue weighted by molar-refractivity contribution is 5.94. The van der Waals surface area contributed by atoms with Crippen LogP contribution in [0.25, 0.3) is 0 Å². The van der Waals surface area contributed by atoms with Gasteiger partial charge in [-0.2, -0.15) is 0 Å². The molecule has 1 aliphatic rings. The van der Waals surface area contributed by atoms with E-state index in [0.717, 1.165) is 12.8 Å². The molecule has 1 aromatic carbocycles. The molecule has 0 heterocycles. The molecule has 2 rings (SSSR count). The van der Waals surface area contributed by atoms with Gasteiger partial charge in [0.1, 0.15) is 0 Å². The van der Waals surface area contributed by atoms with Crippen molar-refractivity contribution in [1.29, 1.82) is 0 Å². The summed E-state index contributed by atoms with van der Waals surface area (Å²) < 4.78 is 0. The highest BCUT2D eigenvalue weighted by atomic mass is 16.3. The largest absolute Gasteiger partial charge is 0.391 e. The van der Waals surface area contributed by atoms with Crippen molar-refractivity contribution < 1.29 is 9.90 Å². The Labute approximate surface area is 121 Å². The van der Waals surface area contributed by atoms with Crippen LogP contribution in [0.1, 0.15) is 55.8 Å². The van der Waals surface area contributed by atoms with Crippen molar-refractivity contribution in [1.82, 2.24) is 5.32 Å². The zero-order chi connectivity index (χ0) is 14.4. The van der Waals surface area contributed by atoms with Crippen LogP contribution in [0, 0.1) is 5.92 Å². The van der Waals surface area contributed by atoms with Crippen molar-refractivity contribution in [3.8, 4) is 0 Å². The van der Waals surface area contributed by atoms with Gasteiger partial charge in [-0.3, -0.25) is 4.79 Å². The fourth-order valence-corrected chi connectivity index (χ4v) is 3.10. The van der Waals surface area contributed by atoms with Gasteiger partial charge in [0, 0.05) is 5.56 Å². The number of aliphatic hydroxyl groups excluding tert-OH is 1. The summed E-state index contributed by atoms with van der Waals surface area (Å²) >= 11 is 0. The predicted molar refractivity (Wildman–Crippen MR) is 80.6 cm³/mol. The molecule has 3 heteroatoms. The van der Waals surface area contributed by atoms with Gasteiger partial charge in [-0.25, -0.2) is 0 Å². The van der Waals surface area contributed by atoms with Crippen molar-refractivity contribution in [2.75, 3.05) is 0 Å². The molecule has 1 aromatic rings. The molecule has 2 N–H and O–H groups in total. The van der Waals surface area contributed by atoms with E-state index in [-0.39, 0.29) is 11.9 Å². The molecular formula is C17H25NO2. The van der Waals surface area contributed by atoms with Gasteiger partial charge in [0.25, 0.3) is 5.91 Å². The molecular weight excluding hydrogens is 250 g/mol. The van der Waals surface area contributed by atoms with Crippen molar-refractivity contribution >= 4 is 5.91 Å². The number of amides is 1. The monoisotopic (exact) mass is 275 g/mol. The van der Waals surface area contributed by atoms with Gasteiger partial charge in [0.15, 0.2) is 0 Å². The quantitative estimate of drug-likeness (QED) is 0.867. The van der Waals surface area contributed by atoms with Crippen LogP contribution in [-0.2, 0) is 0 Å². The molecule has 0 saturated heterocycles. The molecule has 0 unspecified atom stereocenters. The van der Waals surface area contributed by atoms with Crippen LogP contribution < -0.4 is 5.32 Å². The van der Waals surface area contributed by atoms with Crippen LogP contribution in [0.15, 0.2) is 30.3 Å². The van der Waals surface area contributed by atoms with E-state index < -0.39 is 6.10 Å². The maximum Gasteiger partial charge on any atom is 0.251 e. The Morgan fingerprint density at radius 3 is 2.50 bits per heavy atom. The first-order chi connectivity index (χ1) is 9.72. The molecule has 0 aliphatic heterocycles. The first kappa shape index (κ1) is 15.0. The number of nitrogens with one attached hydrogen (secondary N) is 1. The fraction of sp³-hybridized carbons (Fsp3) is 0.588. The van der Waals surface area contributed by atoms with Crippen molar-refractivity contribution in [3.63, 3.8) is 0 Å². The van der Waals surface area contributed by atoms with E-state index in [9.17, 15) is 9.90 Å². The Morgan fingerprint density at radius 1 is 1.25 bits per heavy atom. The van der Waals surface area contributed by atoms with Crippen molar-refractivity contribution in [2.45, 2.75) is 57.6 Å². The van der Waals surface area contributed by atoms with E-state index in [0.29, 0.717) is 17.9 Å². The molecule has 1 fully saturated rings. The first-order valence-electron chi connectivity index (χ1n) is 7.76. The smallest absolute Gasteiger partial charge is 0.251 e. The Morgan fingerprint density at radius 2 is 1.90 bits per heavy atom. The van der Waals surface area contributed by atoms with Crippen LogP contribution in [0.3, 0.4) is 0 Å². The minimum Gasteiger partial charge on any atom is -0.391 e. The summed E-state index contributed by atoms with van der Waals surface area (Å²) in [6.45, 7) is 1.97. The Kier molecular flexibility index (Phi) is 5.60. The van der Waals surface area contributed by atoms with Gasteiger partial charge >= 0.3 is 0 Å². The van der Waals surface area contributed by atoms with Gasteiger partial charge in [-0.15, -0.1) is 0 Å². The minimum absolute atomic E-state index is 0.0753. The lowest BCUT2D eigenvalue weighted by molar-refractivity contribution is 0.0650. The van der Waals surface area contributed by atoms with Crippen LogP contribution in [0.4, 0.5) is 0 Å².